The van der Waals surface area contributed by atoms with Crippen LogP contribution < -0.4 is 0 Å². The predicted octanol–water partition coefficient (Wildman–Crippen LogP) is 6.55. The third kappa shape index (κ3) is 2.69. The summed E-state index contributed by atoms with van der Waals surface area (Å²) in [5.41, 5.74) is -2.80. The molecule has 6 rings (SSSR count). The number of hydrogen-bond acceptors (Lipinski definition) is 4. The Kier molecular flexibility index (Phi) is 5.11. The van der Waals surface area contributed by atoms with Crippen molar-refractivity contribution in [2.24, 2.45) is 0 Å². The summed E-state index contributed by atoms with van der Waals surface area (Å²) in [6.07, 6.45) is 0. The van der Waals surface area contributed by atoms with E-state index in [1.807, 2.05) is 0 Å². The van der Waals surface area contributed by atoms with Gasteiger partial charge in [0.05, 0.1) is 0 Å². The Morgan fingerprint density at radius 2 is 0.639 bits per heavy atom. The van der Waals surface area contributed by atoms with Gasteiger partial charge in [-0.25, -0.2) is 0 Å². The molecule has 0 radical (unpaired) electrons. The highest BCUT2D eigenvalue weighted by Gasteiger charge is 2.74. The summed E-state index contributed by atoms with van der Waals surface area (Å²) in [7, 11) is 0. The van der Waals surface area contributed by atoms with Crippen LogP contribution in [0.3, 0.4) is 0 Å². The first-order chi connectivity index (χ1) is 17.3. The first-order valence-corrected chi connectivity index (χ1v) is 12.8. The minimum absolute atomic E-state index is 0.207. The minimum Gasteiger partial charge on any atom is -0.293 e. The molecule has 0 aliphatic heterocycles. The molecule has 0 heterocycles. The molecule has 0 saturated carbocycles. The van der Waals surface area contributed by atoms with Crippen LogP contribution in [-0.4, -0.2) is 23.1 Å². The number of benzene rings is 4. The molecule has 0 atom stereocenters. The fourth-order valence-corrected chi connectivity index (χ4v) is 6.34. The maximum absolute atomic E-state index is 14.5. The quantitative estimate of drug-likeness (QED) is 0.251. The van der Waals surface area contributed by atoms with E-state index in [2.05, 4.69) is 31.9 Å². The average molecular weight is 600 g/mol. The third-order valence-corrected chi connectivity index (χ3v) is 8.37. The molecule has 0 amide bonds. The van der Waals surface area contributed by atoms with Gasteiger partial charge in [-0.05, 0) is 35.4 Å². The molecule has 0 aromatic heterocycles. The summed E-state index contributed by atoms with van der Waals surface area (Å²) in [5, 5.41) is 0. The molecule has 2 aliphatic carbocycles. The molecule has 174 valence electrons. The molecule has 4 nitrogen and oxygen atoms in total. The fourth-order valence-electron chi connectivity index (χ4n) is 5.81. The van der Waals surface area contributed by atoms with E-state index in [0.717, 1.165) is 8.95 Å². The van der Waals surface area contributed by atoms with Crippen LogP contribution in [0.5, 0.6) is 0 Å². The van der Waals surface area contributed by atoms with Gasteiger partial charge in [0.2, 0.25) is 0 Å². The van der Waals surface area contributed by atoms with Crippen molar-refractivity contribution in [2.45, 2.75) is 10.8 Å². The van der Waals surface area contributed by atoms with Gasteiger partial charge < -0.3 is 0 Å². The van der Waals surface area contributed by atoms with Crippen molar-refractivity contribution in [1.29, 1.82) is 0 Å². The highest BCUT2D eigenvalue weighted by atomic mass is 79.9. The minimum atomic E-state index is -2.11. The Hall–Kier alpha value is -3.48. The molecule has 0 saturated heterocycles. The van der Waals surface area contributed by atoms with Crippen LogP contribution in [-0.2, 0) is 10.8 Å². The van der Waals surface area contributed by atoms with Crippen molar-refractivity contribution in [1.82, 2.24) is 0 Å². The van der Waals surface area contributed by atoms with Gasteiger partial charge >= 0.3 is 0 Å². The van der Waals surface area contributed by atoms with Crippen LogP contribution in [0.1, 0.15) is 52.6 Å². The van der Waals surface area contributed by atoms with E-state index in [0.29, 0.717) is 11.1 Å². The normalized spacial score (nSPS) is 17.3. The van der Waals surface area contributed by atoms with Crippen molar-refractivity contribution in [2.75, 3.05) is 0 Å². The molecular formula is C30H16Br2O4. The van der Waals surface area contributed by atoms with E-state index in [1.54, 1.807) is 97.1 Å². The zero-order valence-electron chi connectivity index (χ0n) is 18.6. The Labute approximate surface area is 223 Å². The second-order valence-corrected chi connectivity index (χ2v) is 10.8. The fraction of sp³-hybridized carbons (Fsp3) is 0.0667. The first kappa shape index (κ1) is 23.0. The average Bonchev–Trinajstić information content (AvgIpc) is 3.27. The molecule has 0 bridgehead atoms. The number of carbonyl (C=O) groups is 4. The highest BCUT2D eigenvalue weighted by Crippen LogP contribution is 2.58. The van der Waals surface area contributed by atoms with E-state index in [-0.39, 0.29) is 22.3 Å². The van der Waals surface area contributed by atoms with Gasteiger partial charge in [-0.15, -0.1) is 0 Å². The largest absolute Gasteiger partial charge is 0.293 e. The molecule has 0 N–H and O–H groups in total. The van der Waals surface area contributed by atoms with Gasteiger partial charge in [0.15, 0.2) is 23.1 Å². The van der Waals surface area contributed by atoms with Gasteiger partial charge in [0, 0.05) is 31.2 Å². The predicted molar refractivity (Wildman–Crippen MR) is 142 cm³/mol. The number of hydrogen-bond donors (Lipinski definition) is 0. The monoisotopic (exact) mass is 598 g/mol. The van der Waals surface area contributed by atoms with E-state index in [4.69, 9.17) is 0 Å². The second kappa shape index (κ2) is 8.02. The molecule has 2 aliphatic rings. The van der Waals surface area contributed by atoms with Gasteiger partial charge in [0.25, 0.3) is 0 Å². The summed E-state index contributed by atoms with van der Waals surface area (Å²) in [5.74, 6) is -2.21. The topological polar surface area (TPSA) is 68.3 Å². The smallest absolute Gasteiger partial charge is 0.183 e. The number of ketones is 4. The number of rotatable bonds is 3. The number of carbonyl (C=O) groups excluding carboxylic acids is 4. The second-order valence-electron chi connectivity index (χ2n) is 8.92. The molecule has 6 heteroatoms. The van der Waals surface area contributed by atoms with Crippen LogP contribution in [0.2, 0.25) is 0 Å². The van der Waals surface area contributed by atoms with Crippen LogP contribution in [0, 0.1) is 0 Å². The zero-order valence-corrected chi connectivity index (χ0v) is 21.8. The van der Waals surface area contributed by atoms with E-state index in [1.165, 1.54) is 0 Å². The lowest BCUT2D eigenvalue weighted by atomic mass is 9.52. The molecule has 36 heavy (non-hydrogen) atoms. The van der Waals surface area contributed by atoms with Crippen LogP contribution in [0.4, 0.5) is 0 Å². The lowest BCUT2D eigenvalue weighted by Gasteiger charge is -2.42. The maximum Gasteiger partial charge on any atom is 0.183 e. The SMILES string of the molecule is O=C1c2ccccc2C(=O)C1(c1ccc(Br)cc1)C1(c2ccc(Br)cc2)C(=O)c2ccccc2C1=O. The van der Waals surface area contributed by atoms with Crippen molar-refractivity contribution in [3.63, 3.8) is 0 Å². The zero-order chi connectivity index (χ0) is 25.2. The Balaban J connectivity index is 1.81. The van der Waals surface area contributed by atoms with Crippen molar-refractivity contribution >= 4 is 55.0 Å². The lowest BCUT2D eigenvalue weighted by molar-refractivity contribution is 0.0557. The lowest BCUT2D eigenvalue weighted by Crippen LogP contribution is -2.62. The highest BCUT2D eigenvalue weighted by molar-refractivity contribution is 9.10. The Bertz CT molecular complexity index is 1420. The molecule has 0 spiro atoms. The van der Waals surface area contributed by atoms with Gasteiger partial charge in [0.1, 0.15) is 10.8 Å². The first-order valence-electron chi connectivity index (χ1n) is 11.2. The van der Waals surface area contributed by atoms with E-state index >= 15 is 0 Å². The Morgan fingerprint density at radius 1 is 0.389 bits per heavy atom. The van der Waals surface area contributed by atoms with Gasteiger partial charge in [-0.3, -0.25) is 19.2 Å². The molecule has 4 aromatic rings. The summed E-state index contributed by atoms with van der Waals surface area (Å²) >= 11 is 6.84. The summed E-state index contributed by atoms with van der Waals surface area (Å²) < 4.78 is 1.48. The van der Waals surface area contributed by atoms with Gasteiger partial charge in [-0.2, -0.15) is 0 Å². The summed E-state index contributed by atoms with van der Waals surface area (Å²) in [4.78, 5) is 58.2. The standard InChI is InChI=1S/C30H16Br2O4/c31-19-13-9-17(10-14-19)29(25(33)21-5-1-2-6-22(21)26(29)34)30(18-11-15-20(32)16-12-18)27(35)23-7-3-4-8-24(23)28(30)36/h1-16H. The molecule has 4 aromatic carbocycles. The Morgan fingerprint density at radius 3 is 0.889 bits per heavy atom. The van der Waals surface area contributed by atoms with E-state index < -0.39 is 34.0 Å². The van der Waals surface area contributed by atoms with Crippen LogP contribution >= 0.6 is 31.9 Å². The third-order valence-electron chi connectivity index (χ3n) is 7.31. The number of Topliss-reactive ketones (excluding diaryl/α,β-unsaturated/α-hetero) is 4. The van der Waals surface area contributed by atoms with Crippen LogP contribution in [0.25, 0.3) is 0 Å². The number of halogens is 2. The van der Waals surface area contributed by atoms with Crippen molar-refractivity contribution in [3.8, 4) is 0 Å². The number of fused-ring (bicyclic) bond motifs is 2. The van der Waals surface area contributed by atoms with Crippen molar-refractivity contribution in [3.05, 3.63) is 139 Å². The van der Waals surface area contributed by atoms with E-state index in [9.17, 15) is 19.2 Å². The van der Waals surface area contributed by atoms with Crippen molar-refractivity contribution < 1.29 is 19.2 Å². The summed E-state index contributed by atoms with van der Waals surface area (Å²) in [6.45, 7) is 0. The summed E-state index contributed by atoms with van der Waals surface area (Å²) in [6, 6.07) is 26.5. The van der Waals surface area contributed by atoms with Crippen LogP contribution in [0.15, 0.2) is 106 Å². The molecule has 0 fully saturated rings. The molecular weight excluding hydrogens is 584 g/mol. The van der Waals surface area contributed by atoms with Gasteiger partial charge in [-0.1, -0.05) is 105 Å². The maximum atomic E-state index is 14.5. The molecule has 0 unspecified atom stereocenters.